The van der Waals surface area contributed by atoms with Crippen LogP contribution >= 0.6 is 0 Å². The zero-order valence-corrected chi connectivity index (χ0v) is 15.0. The number of nitrogens with zero attached hydrogens (tertiary/aromatic N) is 2. The van der Waals surface area contributed by atoms with E-state index in [1.807, 2.05) is 0 Å². The number of H-pyrrole nitrogens is 1. The molecule has 2 heterocycles. The fourth-order valence-electron chi connectivity index (χ4n) is 2.95. The molecule has 1 atom stereocenters. The molecule has 0 aliphatic carbocycles. The lowest BCUT2D eigenvalue weighted by Gasteiger charge is -2.22. The van der Waals surface area contributed by atoms with E-state index in [0.717, 1.165) is 7.11 Å². The van der Waals surface area contributed by atoms with Crippen LogP contribution in [0.4, 0.5) is 8.78 Å². The molecule has 0 fully saturated rings. The Morgan fingerprint density at radius 3 is 2.72 bits per heavy atom. The van der Waals surface area contributed by atoms with Crippen LogP contribution in [0.2, 0.25) is 0 Å². The van der Waals surface area contributed by atoms with Gasteiger partial charge in [0.25, 0.3) is 5.56 Å². The van der Waals surface area contributed by atoms with Gasteiger partial charge in [-0.15, -0.1) is 0 Å². The normalized spacial score (nSPS) is 12.1. The SMILES string of the molecule is COC(=O)c1cn([C@H](CC(=O)O)c2cccc(OC(F)F)c2)cc2c(=O)[nH]nc1-2. The van der Waals surface area contributed by atoms with Crippen molar-refractivity contribution in [3.63, 3.8) is 0 Å². The molecule has 0 saturated heterocycles. The zero-order chi connectivity index (χ0) is 21.1. The van der Waals surface area contributed by atoms with E-state index < -0.39 is 36.6 Å². The van der Waals surface area contributed by atoms with Crippen LogP contribution < -0.4 is 10.3 Å². The van der Waals surface area contributed by atoms with Crippen LogP contribution in [0, 0.1) is 0 Å². The van der Waals surface area contributed by atoms with Gasteiger partial charge in [0.15, 0.2) is 0 Å². The van der Waals surface area contributed by atoms with Gasteiger partial charge in [0.2, 0.25) is 0 Å². The highest BCUT2D eigenvalue weighted by Crippen LogP contribution is 2.30. The molecule has 2 aliphatic rings. The maximum absolute atomic E-state index is 12.5. The van der Waals surface area contributed by atoms with Gasteiger partial charge in [0, 0.05) is 12.4 Å². The number of benzene rings is 1. The van der Waals surface area contributed by atoms with Crippen molar-refractivity contribution in [1.29, 1.82) is 0 Å². The number of aromatic nitrogens is 3. The Bertz CT molecular complexity index is 1080. The highest BCUT2D eigenvalue weighted by molar-refractivity contribution is 5.96. The van der Waals surface area contributed by atoms with Crippen LogP contribution in [0.25, 0.3) is 11.3 Å². The fourth-order valence-corrected chi connectivity index (χ4v) is 2.95. The molecule has 1 aromatic rings. The van der Waals surface area contributed by atoms with Crippen molar-refractivity contribution >= 4 is 11.9 Å². The summed E-state index contributed by atoms with van der Waals surface area (Å²) in [7, 11) is 1.15. The molecule has 0 saturated carbocycles. The molecular weight excluding hydrogens is 392 g/mol. The summed E-state index contributed by atoms with van der Waals surface area (Å²) in [4.78, 5) is 35.6. The van der Waals surface area contributed by atoms with Crippen molar-refractivity contribution < 1.29 is 33.0 Å². The number of nitrogens with one attached hydrogen (secondary N) is 1. The first-order chi connectivity index (χ1) is 13.8. The molecule has 0 bridgehead atoms. The second-order valence-corrected chi connectivity index (χ2v) is 5.99. The molecule has 0 amide bonds. The standard InChI is InChI=1S/C18H15F2N3O6/c1-28-17(27)12-8-23(7-11-15(12)21-22-16(11)26)13(6-14(24)25)9-3-2-4-10(5-9)29-18(19)20/h2-5,7-8,13,18H,6H2,1H3,(H,22,26)(H,24,25)/t13-/m1/s1. The second-order valence-electron chi connectivity index (χ2n) is 5.99. The third kappa shape index (κ3) is 4.23. The number of pyridine rings is 1. The lowest BCUT2D eigenvalue weighted by atomic mass is 10.0. The molecule has 11 heteroatoms. The Balaban J connectivity index is 2.17. The number of halogens is 2. The van der Waals surface area contributed by atoms with Crippen LogP contribution in [0.1, 0.15) is 28.4 Å². The van der Waals surface area contributed by atoms with Gasteiger partial charge in [0.05, 0.1) is 25.1 Å². The van der Waals surface area contributed by atoms with Gasteiger partial charge in [-0.25, -0.2) is 9.89 Å². The minimum Gasteiger partial charge on any atom is -0.481 e. The maximum atomic E-state index is 12.5. The molecule has 0 aromatic heterocycles. The Morgan fingerprint density at radius 1 is 1.31 bits per heavy atom. The zero-order valence-electron chi connectivity index (χ0n) is 15.0. The van der Waals surface area contributed by atoms with Crippen LogP contribution in [0.5, 0.6) is 5.75 Å². The number of carbonyl (C=O) groups is 2. The number of methoxy groups -OCH3 is 1. The summed E-state index contributed by atoms with van der Waals surface area (Å²) in [5.74, 6) is -2.12. The number of fused-ring (bicyclic) bond motifs is 1. The van der Waals surface area contributed by atoms with Gasteiger partial charge in [0.1, 0.15) is 17.0 Å². The predicted molar refractivity (Wildman–Crippen MR) is 94.3 cm³/mol. The van der Waals surface area contributed by atoms with Gasteiger partial charge < -0.3 is 19.1 Å². The molecule has 0 spiro atoms. The van der Waals surface area contributed by atoms with Crippen LogP contribution in [-0.2, 0) is 9.53 Å². The van der Waals surface area contributed by atoms with E-state index in [0.29, 0.717) is 5.56 Å². The van der Waals surface area contributed by atoms with Crippen molar-refractivity contribution in [3.05, 3.63) is 58.1 Å². The topological polar surface area (TPSA) is 124 Å². The summed E-state index contributed by atoms with van der Waals surface area (Å²) >= 11 is 0. The van der Waals surface area contributed by atoms with Gasteiger partial charge in [-0.05, 0) is 17.7 Å². The summed E-state index contributed by atoms with van der Waals surface area (Å²) in [6.45, 7) is -3.05. The number of aromatic amines is 1. The van der Waals surface area contributed by atoms with Crippen molar-refractivity contribution in [1.82, 2.24) is 14.8 Å². The minimum atomic E-state index is -3.05. The molecule has 29 heavy (non-hydrogen) atoms. The Hall–Kier alpha value is -3.76. The number of carbonyl (C=O) groups excluding carboxylic acids is 1. The first-order valence-electron chi connectivity index (χ1n) is 8.25. The summed E-state index contributed by atoms with van der Waals surface area (Å²) < 4.78 is 35.5. The van der Waals surface area contributed by atoms with E-state index in [4.69, 9.17) is 4.74 Å². The summed E-state index contributed by atoms with van der Waals surface area (Å²) in [6, 6.07) is 4.58. The second kappa shape index (κ2) is 8.09. The number of hydrogen-bond acceptors (Lipinski definition) is 6. The maximum Gasteiger partial charge on any atom is 0.387 e. The Kier molecular flexibility index (Phi) is 5.57. The molecule has 2 aliphatic heterocycles. The quantitative estimate of drug-likeness (QED) is 0.575. The summed E-state index contributed by atoms with van der Waals surface area (Å²) in [5, 5.41) is 15.4. The fraction of sp³-hybridized carbons (Fsp3) is 0.222. The molecule has 1 aromatic carbocycles. The first-order valence-corrected chi connectivity index (χ1v) is 8.25. The monoisotopic (exact) mass is 407 g/mol. The van der Waals surface area contributed by atoms with Gasteiger partial charge in [-0.2, -0.15) is 13.9 Å². The number of aliphatic carboxylic acids is 1. The third-order valence-corrected chi connectivity index (χ3v) is 4.18. The molecule has 152 valence electrons. The van der Waals surface area contributed by atoms with Crippen LogP contribution in [0.3, 0.4) is 0 Å². The highest BCUT2D eigenvalue weighted by Gasteiger charge is 2.26. The molecule has 2 N–H and O–H groups in total. The van der Waals surface area contributed by atoms with E-state index in [-0.39, 0.29) is 22.6 Å². The van der Waals surface area contributed by atoms with Crippen LogP contribution in [0.15, 0.2) is 41.5 Å². The molecule has 0 unspecified atom stereocenters. The van der Waals surface area contributed by atoms with Crippen LogP contribution in [-0.4, -0.2) is 45.5 Å². The molecular formula is C18H15F2N3O6. The van der Waals surface area contributed by atoms with Gasteiger partial charge in [-0.1, -0.05) is 12.1 Å². The Morgan fingerprint density at radius 2 is 2.07 bits per heavy atom. The van der Waals surface area contributed by atoms with E-state index >= 15 is 0 Å². The van der Waals surface area contributed by atoms with Crippen molar-refractivity contribution in [2.75, 3.05) is 7.11 Å². The van der Waals surface area contributed by atoms with E-state index in [2.05, 4.69) is 14.9 Å². The average Bonchev–Trinajstić information content (AvgIpc) is 3.05. The van der Waals surface area contributed by atoms with E-state index in [1.165, 1.54) is 41.2 Å². The summed E-state index contributed by atoms with van der Waals surface area (Å²) in [5.41, 5.74) is -0.200. The third-order valence-electron chi connectivity index (χ3n) is 4.18. The number of hydrogen-bond donors (Lipinski definition) is 2. The van der Waals surface area contributed by atoms with E-state index in [1.54, 1.807) is 0 Å². The number of rotatable bonds is 7. The number of esters is 1. The lowest BCUT2D eigenvalue weighted by molar-refractivity contribution is -0.137. The number of alkyl halides is 2. The van der Waals surface area contributed by atoms with E-state index in [9.17, 15) is 28.3 Å². The van der Waals surface area contributed by atoms with Gasteiger partial charge >= 0.3 is 18.6 Å². The molecule has 9 nitrogen and oxygen atoms in total. The van der Waals surface area contributed by atoms with Crippen molar-refractivity contribution in [2.24, 2.45) is 0 Å². The molecule has 0 radical (unpaired) electrons. The average molecular weight is 407 g/mol. The first kappa shape index (κ1) is 20.0. The largest absolute Gasteiger partial charge is 0.481 e. The number of carboxylic acids is 1. The highest BCUT2D eigenvalue weighted by atomic mass is 19.3. The van der Waals surface area contributed by atoms with Crippen molar-refractivity contribution in [2.45, 2.75) is 19.1 Å². The minimum absolute atomic E-state index is 0.0447. The molecule has 3 rings (SSSR count). The summed E-state index contributed by atoms with van der Waals surface area (Å²) in [6.07, 6.45) is 2.17. The Labute approximate surface area is 161 Å². The number of carboxylic acid groups (broad SMARTS) is 1. The predicted octanol–water partition coefficient (Wildman–Crippen LogP) is 2.13. The van der Waals surface area contributed by atoms with Gasteiger partial charge in [-0.3, -0.25) is 9.59 Å². The number of ether oxygens (including phenoxy) is 2. The van der Waals surface area contributed by atoms with Crippen molar-refractivity contribution in [3.8, 4) is 17.0 Å². The lowest BCUT2D eigenvalue weighted by Crippen LogP contribution is -2.19. The smallest absolute Gasteiger partial charge is 0.387 e.